The average molecular weight is 177 g/mol. The van der Waals surface area contributed by atoms with Crippen molar-refractivity contribution in [3.8, 4) is 11.8 Å². The first kappa shape index (κ1) is 11.0. The molecule has 0 unspecified atom stereocenters. The number of hydrogen-bond acceptors (Lipinski definition) is 2. The number of allylic oxidation sites excluding steroid dienone is 3. The van der Waals surface area contributed by atoms with Gasteiger partial charge in [-0.3, -0.25) is 0 Å². The molecule has 0 aromatic heterocycles. The van der Waals surface area contributed by atoms with E-state index in [2.05, 4.69) is 28.9 Å². The smallest absolute Gasteiger partial charge is 0.332 e. The summed E-state index contributed by atoms with van der Waals surface area (Å²) in [5, 5.41) is 3.50. The lowest BCUT2D eigenvalue weighted by Gasteiger charge is -1.87. The molecular formula is C9H11N3O. The Kier molecular flexibility index (Phi) is 5.64. The molecular weight excluding hydrogens is 166 g/mol. The quantitative estimate of drug-likeness (QED) is 0.365. The number of carbonyl (C=O) groups excluding carboxylic acids is 1. The highest BCUT2D eigenvalue weighted by atomic mass is 16.2. The van der Waals surface area contributed by atoms with E-state index in [1.54, 1.807) is 6.08 Å². The third kappa shape index (κ3) is 7.88. The SMILES string of the molecule is C=CC#C/C(C)=C\C=N\NC(N)=O. The van der Waals surface area contributed by atoms with E-state index in [4.69, 9.17) is 5.73 Å². The molecule has 0 saturated heterocycles. The van der Waals surface area contributed by atoms with Gasteiger partial charge in [-0.1, -0.05) is 18.4 Å². The number of nitrogens with two attached hydrogens (primary N) is 1. The van der Waals surface area contributed by atoms with Crippen LogP contribution in [0, 0.1) is 11.8 Å². The van der Waals surface area contributed by atoms with Crippen LogP contribution in [-0.4, -0.2) is 12.2 Å². The Morgan fingerprint density at radius 3 is 2.92 bits per heavy atom. The highest BCUT2D eigenvalue weighted by molar-refractivity contribution is 5.77. The minimum atomic E-state index is -0.695. The minimum absolute atomic E-state index is 0.695. The molecule has 68 valence electrons. The van der Waals surface area contributed by atoms with Crippen molar-refractivity contribution in [1.29, 1.82) is 0 Å². The lowest BCUT2D eigenvalue weighted by molar-refractivity contribution is 0.249. The summed E-state index contributed by atoms with van der Waals surface area (Å²) >= 11 is 0. The first-order valence-corrected chi connectivity index (χ1v) is 3.54. The molecule has 0 saturated carbocycles. The van der Waals surface area contributed by atoms with Crippen LogP contribution < -0.4 is 11.2 Å². The summed E-state index contributed by atoms with van der Waals surface area (Å²) in [7, 11) is 0. The average Bonchev–Trinajstić information content (AvgIpc) is 2.08. The Morgan fingerprint density at radius 2 is 2.38 bits per heavy atom. The summed E-state index contributed by atoms with van der Waals surface area (Å²) < 4.78 is 0. The Hall–Kier alpha value is -2.02. The fourth-order valence-electron chi connectivity index (χ4n) is 0.456. The Balaban J connectivity index is 4.03. The maximum absolute atomic E-state index is 10.2. The van der Waals surface area contributed by atoms with E-state index in [1.165, 1.54) is 12.3 Å². The number of urea groups is 1. The molecule has 0 fully saturated rings. The lowest BCUT2D eigenvalue weighted by atomic mass is 10.3. The first-order chi connectivity index (χ1) is 6.16. The Morgan fingerprint density at radius 1 is 1.69 bits per heavy atom. The monoisotopic (exact) mass is 177 g/mol. The molecule has 0 atom stereocenters. The first-order valence-electron chi connectivity index (χ1n) is 3.54. The van der Waals surface area contributed by atoms with Crippen molar-refractivity contribution in [3.05, 3.63) is 24.3 Å². The minimum Gasteiger partial charge on any atom is -0.350 e. The summed E-state index contributed by atoms with van der Waals surface area (Å²) in [6, 6.07) is -0.695. The topological polar surface area (TPSA) is 67.5 Å². The van der Waals surface area contributed by atoms with E-state index in [0.717, 1.165) is 5.57 Å². The summed E-state index contributed by atoms with van der Waals surface area (Å²) in [6.45, 7) is 5.26. The summed E-state index contributed by atoms with van der Waals surface area (Å²) in [5.74, 6) is 5.45. The van der Waals surface area contributed by atoms with Crippen molar-refractivity contribution in [2.75, 3.05) is 0 Å². The van der Waals surface area contributed by atoms with Crippen LogP contribution in [0.3, 0.4) is 0 Å². The number of carbonyl (C=O) groups is 1. The molecule has 0 aliphatic carbocycles. The van der Waals surface area contributed by atoms with Crippen LogP contribution in [0.4, 0.5) is 4.79 Å². The van der Waals surface area contributed by atoms with Gasteiger partial charge in [0.15, 0.2) is 0 Å². The number of amides is 2. The van der Waals surface area contributed by atoms with Crippen molar-refractivity contribution in [1.82, 2.24) is 5.43 Å². The molecule has 2 amide bonds. The number of nitrogens with one attached hydrogen (secondary N) is 1. The van der Waals surface area contributed by atoms with Gasteiger partial charge in [0.05, 0.1) is 0 Å². The molecule has 4 heteroatoms. The second-order valence-electron chi connectivity index (χ2n) is 2.08. The van der Waals surface area contributed by atoms with Gasteiger partial charge < -0.3 is 5.73 Å². The van der Waals surface area contributed by atoms with E-state index in [9.17, 15) is 4.79 Å². The van der Waals surface area contributed by atoms with Gasteiger partial charge in [0.25, 0.3) is 0 Å². The van der Waals surface area contributed by atoms with E-state index in [1.807, 2.05) is 6.92 Å². The molecule has 0 aliphatic heterocycles. The van der Waals surface area contributed by atoms with E-state index in [0.29, 0.717) is 0 Å². The second-order valence-corrected chi connectivity index (χ2v) is 2.08. The van der Waals surface area contributed by atoms with Gasteiger partial charge >= 0.3 is 6.03 Å². The Labute approximate surface area is 77.2 Å². The molecule has 0 bridgehead atoms. The zero-order valence-corrected chi connectivity index (χ0v) is 7.37. The van der Waals surface area contributed by atoms with Crippen molar-refractivity contribution < 1.29 is 4.79 Å². The van der Waals surface area contributed by atoms with Crippen LogP contribution in [0.5, 0.6) is 0 Å². The van der Waals surface area contributed by atoms with Crippen LogP contribution in [0.25, 0.3) is 0 Å². The molecule has 0 heterocycles. The van der Waals surface area contributed by atoms with Crippen molar-refractivity contribution in [2.45, 2.75) is 6.92 Å². The van der Waals surface area contributed by atoms with Gasteiger partial charge in [0.2, 0.25) is 0 Å². The molecule has 0 aromatic carbocycles. The molecule has 4 nitrogen and oxygen atoms in total. The molecule has 3 N–H and O–H groups in total. The zero-order chi connectivity index (χ0) is 10.1. The highest BCUT2D eigenvalue weighted by Crippen LogP contribution is 1.85. The second kappa shape index (κ2) is 6.68. The fraction of sp³-hybridized carbons (Fsp3) is 0.111. The van der Waals surface area contributed by atoms with Crippen molar-refractivity contribution in [2.24, 2.45) is 10.8 Å². The molecule has 0 rings (SSSR count). The predicted molar refractivity (Wildman–Crippen MR) is 52.9 cm³/mol. The van der Waals surface area contributed by atoms with Crippen LogP contribution in [-0.2, 0) is 0 Å². The standard InChI is InChI=1S/C9H11N3O/c1-3-4-5-8(2)6-7-11-12-9(10)13/h3,6-7H,1H2,2H3,(H3,10,12,13)/b8-6-,11-7+. The molecule has 0 radical (unpaired) electrons. The van der Waals surface area contributed by atoms with Gasteiger partial charge in [-0.2, -0.15) is 5.10 Å². The third-order valence-corrected chi connectivity index (χ3v) is 0.945. The molecule has 0 aliphatic rings. The normalized spacial score (nSPS) is 10.4. The Bertz CT molecular complexity index is 305. The molecule has 0 aromatic rings. The van der Waals surface area contributed by atoms with Crippen molar-refractivity contribution in [3.63, 3.8) is 0 Å². The van der Waals surface area contributed by atoms with Gasteiger partial charge in [0.1, 0.15) is 0 Å². The van der Waals surface area contributed by atoms with Gasteiger partial charge in [-0.05, 0) is 19.1 Å². The number of hydrogen-bond donors (Lipinski definition) is 2. The van der Waals surface area contributed by atoms with E-state index in [-0.39, 0.29) is 0 Å². The fourth-order valence-corrected chi connectivity index (χ4v) is 0.456. The number of primary amides is 1. The summed E-state index contributed by atoms with van der Waals surface area (Å²) in [5.41, 5.74) is 7.63. The van der Waals surface area contributed by atoms with Gasteiger partial charge in [0, 0.05) is 11.8 Å². The van der Waals surface area contributed by atoms with Crippen LogP contribution >= 0.6 is 0 Å². The summed E-state index contributed by atoms with van der Waals surface area (Å²) in [4.78, 5) is 10.2. The van der Waals surface area contributed by atoms with Crippen LogP contribution in [0.15, 0.2) is 29.4 Å². The third-order valence-electron chi connectivity index (χ3n) is 0.945. The van der Waals surface area contributed by atoms with Crippen LogP contribution in [0.1, 0.15) is 6.92 Å². The van der Waals surface area contributed by atoms with Gasteiger partial charge in [-0.15, -0.1) is 0 Å². The number of hydrazone groups is 1. The predicted octanol–water partition coefficient (Wildman–Crippen LogP) is 0.776. The van der Waals surface area contributed by atoms with E-state index < -0.39 is 6.03 Å². The van der Waals surface area contributed by atoms with Crippen molar-refractivity contribution >= 4 is 12.2 Å². The maximum Gasteiger partial charge on any atom is 0.332 e. The maximum atomic E-state index is 10.2. The molecule has 0 spiro atoms. The summed E-state index contributed by atoms with van der Waals surface area (Å²) in [6.07, 6.45) is 4.54. The lowest BCUT2D eigenvalue weighted by Crippen LogP contribution is -2.24. The zero-order valence-electron chi connectivity index (χ0n) is 7.37. The highest BCUT2D eigenvalue weighted by Gasteiger charge is 1.81. The largest absolute Gasteiger partial charge is 0.350 e. The van der Waals surface area contributed by atoms with Crippen LogP contribution in [0.2, 0.25) is 0 Å². The number of rotatable bonds is 2. The van der Waals surface area contributed by atoms with E-state index >= 15 is 0 Å². The molecule has 13 heavy (non-hydrogen) atoms. The van der Waals surface area contributed by atoms with Gasteiger partial charge in [-0.25, -0.2) is 10.2 Å². The number of nitrogens with zero attached hydrogens (tertiary/aromatic N) is 1.